The number of Topliss-reactive ketones (excluding diaryl/α,β-unsaturated/α-hetero) is 1. The molecule has 2 nitrogen and oxygen atoms in total. The van der Waals surface area contributed by atoms with Crippen LogP contribution in [-0.2, 0) is 18.4 Å². The molecule has 2 aromatic carbocycles. The van der Waals surface area contributed by atoms with Crippen molar-refractivity contribution >= 4 is 5.78 Å². The molecule has 1 N–H and O–H groups in total. The van der Waals surface area contributed by atoms with E-state index in [2.05, 4.69) is 0 Å². The molecule has 0 saturated carbocycles. The lowest BCUT2D eigenvalue weighted by Gasteiger charge is -2.30. The molecule has 3 rings (SSSR count). The summed E-state index contributed by atoms with van der Waals surface area (Å²) in [7, 11) is 0. The monoisotopic (exact) mass is 348 g/mol. The summed E-state index contributed by atoms with van der Waals surface area (Å²) in [5.74, 6) is -0.711. The molecule has 0 amide bonds. The van der Waals surface area contributed by atoms with Gasteiger partial charge in [0, 0.05) is 5.56 Å². The van der Waals surface area contributed by atoms with E-state index in [4.69, 9.17) is 0 Å². The summed E-state index contributed by atoms with van der Waals surface area (Å²) in [6.07, 6.45) is -2.11. The Bertz CT molecular complexity index is 768. The maximum absolute atomic E-state index is 13.5. The second-order valence-corrected chi connectivity index (χ2v) is 6.51. The second-order valence-electron chi connectivity index (χ2n) is 6.51. The van der Waals surface area contributed by atoms with Crippen LogP contribution in [0.25, 0.3) is 0 Å². The minimum Gasteiger partial charge on any atom is -0.376 e. The molecule has 0 radical (unpaired) electrons. The number of hydrogen-bond donors (Lipinski definition) is 1. The minimum absolute atomic E-state index is 0.222. The first-order valence-corrected chi connectivity index (χ1v) is 8.31. The number of rotatable bonds is 4. The third-order valence-corrected chi connectivity index (χ3v) is 4.81. The lowest BCUT2D eigenvalue weighted by molar-refractivity contribution is -0.264. The van der Waals surface area contributed by atoms with Gasteiger partial charge in [0.25, 0.3) is 0 Å². The summed E-state index contributed by atoms with van der Waals surface area (Å²) >= 11 is 0. The molecule has 1 atom stereocenters. The summed E-state index contributed by atoms with van der Waals surface area (Å²) in [5, 5.41) is 10.3. The Morgan fingerprint density at radius 1 is 0.960 bits per heavy atom. The summed E-state index contributed by atoms with van der Waals surface area (Å²) < 4.78 is 40.6. The molecule has 1 unspecified atom stereocenters. The van der Waals surface area contributed by atoms with E-state index in [1.807, 2.05) is 6.07 Å². The number of ketones is 1. The van der Waals surface area contributed by atoms with Crippen LogP contribution in [0.3, 0.4) is 0 Å². The molecule has 1 aliphatic rings. The average Bonchev–Trinajstić information content (AvgIpc) is 2.61. The van der Waals surface area contributed by atoms with E-state index in [0.717, 1.165) is 36.8 Å². The van der Waals surface area contributed by atoms with Crippen molar-refractivity contribution < 1.29 is 23.1 Å². The fourth-order valence-electron chi connectivity index (χ4n) is 3.32. The van der Waals surface area contributed by atoms with Gasteiger partial charge < -0.3 is 5.11 Å². The van der Waals surface area contributed by atoms with Crippen molar-refractivity contribution in [1.29, 1.82) is 0 Å². The van der Waals surface area contributed by atoms with Crippen molar-refractivity contribution in [2.75, 3.05) is 0 Å². The van der Waals surface area contributed by atoms with Crippen molar-refractivity contribution in [3.05, 3.63) is 70.8 Å². The van der Waals surface area contributed by atoms with Crippen LogP contribution >= 0.6 is 0 Å². The van der Waals surface area contributed by atoms with Gasteiger partial charge in [-0.25, -0.2) is 0 Å². The van der Waals surface area contributed by atoms with Gasteiger partial charge >= 0.3 is 6.18 Å². The number of benzene rings is 2. The molecule has 2 aromatic rings. The van der Waals surface area contributed by atoms with Crippen molar-refractivity contribution in [3.63, 3.8) is 0 Å². The number of aliphatic hydroxyl groups is 1. The predicted octanol–water partition coefficient (Wildman–Crippen LogP) is 4.59. The van der Waals surface area contributed by atoms with E-state index in [1.165, 1.54) is 24.3 Å². The van der Waals surface area contributed by atoms with Gasteiger partial charge in [0.2, 0.25) is 0 Å². The van der Waals surface area contributed by atoms with E-state index in [9.17, 15) is 23.1 Å². The number of halogens is 3. The van der Waals surface area contributed by atoms with Gasteiger partial charge in [-0.3, -0.25) is 4.79 Å². The molecule has 132 valence electrons. The van der Waals surface area contributed by atoms with E-state index in [-0.39, 0.29) is 11.1 Å². The van der Waals surface area contributed by atoms with E-state index < -0.39 is 24.0 Å². The molecule has 0 aromatic heterocycles. The van der Waals surface area contributed by atoms with Crippen LogP contribution in [0.15, 0.2) is 48.5 Å². The zero-order valence-corrected chi connectivity index (χ0v) is 13.6. The van der Waals surface area contributed by atoms with Gasteiger partial charge in [-0.15, -0.1) is 0 Å². The lowest BCUT2D eigenvalue weighted by Crippen LogP contribution is -2.44. The standard InChI is InChI=1S/C20H19F3O2/c21-20(22,23)19(25,17-8-2-1-3-9-17)13-18(24)16-11-10-14-6-4-5-7-15(14)12-16/h1-3,8-12,25H,4-7,13H2. The fraction of sp³-hybridized carbons (Fsp3) is 0.350. The van der Waals surface area contributed by atoms with Gasteiger partial charge in [-0.05, 0) is 48.4 Å². The molecular formula is C20H19F3O2. The van der Waals surface area contributed by atoms with Gasteiger partial charge in [0.15, 0.2) is 11.4 Å². The van der Waals surface area contributed by atoms with Gasteiger partial charge in [0.05, 0.1) is 6.42 Å². The van der Waals surface area contributed by atoms with Crippen LogP contribution in [0, 0.1) is 0 Å². The Balaban J connectivity index is 1.91. The van der Waals surface area contributed by atoms with Crippen LogP contribution in [0.1, 0.15) is 46.3 Å². The Kier molecular flexibility index (Phi) is 4.69. The molecule has 0 bridgehead atoms. The first kappa shape index (κ1) is 17.7. The van der Waals surface area contributed by atoms with Crippen LogP contribution in [0.5, 0.6) is 0 Å². The van der Waals surface area contributed by atoms with Crippen molar-refractivity contribution in [3.8, 4) is 0 Å². The van der Waals surface area contributed by atoms with Crippen LogP contribution in [-0.4, -0.2) is 17.1 Å². The Morgan fingerprint density at radius 2 is 1.60 bits per heavy atom. The maximum atomic E-state index is 13.5. The van der Waals surface area contributed by atoms with Crippen LogP contribution < -0.4 is 0 Å². The Hall–Kier alpha value is -2.14. The number of carbonyl (C=O) groups is 1. The SMILES string of the molecule is O=C(CC(O)(c1ccccc1)C(F)(F)F)c1ccc2c(c1)CCCC2. The summed E-state index contributed by atoms with van der Waals surface area (Å²) in [5.41, 5.74) is -1.13. The molecule has 0 heterocycles. The highest BCUT2D eigenvalue weighted by Gasteiger charge is 2.55. The third kappa shape index (κ3) is 3.47. The maximum Gasteiger partial charge on any atom is 0.421 e. The van der Waals surface area contributed by atoms with Crippen LogP contribution in [0.2, 0.25) is 0 Å². The molecule has 0 aliphatic heterocycles. The highest BCUT2D eigenvalue weighted by Crippen LogP contribution is 2.42. The smallest absolute Gasteiger partial charge is 0.376 e. The molecule has 1 aliphatic carbocycles. The van der Waals surface area contributed by atoms with E-state index in [1.54, 1.807) is 18.2 Å². The molecule has 0 spiro atoms. The lowest BCUT2D eigenvalue weighted by atomic mass is 9.84. The first-order chi connectivity index (χ1) is 11.8. The van der Waals surface area contributed by atoms with Gasteiger partial charge in [-0.2, -0.15) is 13.2 Å². The van der Waals surface area contributed by atoms with E-state index >= 15 is 0 Å². The number of fused-ring (bicyclic) bond motifs is 1. The quantitative estimate of drug-likeness (QED) is 0.821. The number of carbonyl (C=O) groups excluding carboxylic acids is 1. The fourth-order valence-corrected chi connectivity index (χ4v) is 3.32. The average molecular weight is 348 g/mol. The molecule has 25 heavy (non-hydrogen) atoms. The van der Waals surface area contributed by atoms with Crippen molar-refractivity contribution in [2.24, 2.45) is 0 Å². The van der Waals surface area contributed by atoms with E-state index in [0.29, 0.717) is 0 Å². The normalized spacial score (nSPS) is 16.8. The molecule has 0 fully saturated rings. The topological polar surface area (TPSA) is 37.3 Å². The second kappa shape index (κ2) is 6.64. The molecule has 0 saturated heterocycles. The summed E-state index contributed by atoms with van der Waals surface area (Å²) in [6.45, 7) is 0. The van der Waals surface area contributed by atoms with Crippen molar-refractivity contribution in [1.82, 2.24) is 0 Å². The highest BCUT2D eigenvalue weighted by atomic mass is 19.4. The summed E-state index contributed by atoms with van der Waals surface area (Å²) in [4.78, 5) is 12.5. The largest absolute Gasteiger partial charge is 0.421 e. The van der Waals surface area contributed by atoms with Gasteiger partial charge in [0.1, 0.15) is 0 Å². The number of hydrogen-bond acceptors (Lipinski definition) is 2. The number of alkyl halides is 3. The third-order valence-electron chi connectivity index (χ3n) is 4.81. The van der Waals surface area contributed by atoms with Crippen LogP contribution in [0.4, 0.5) is 13.2 Å². The van der Waals surface area contributed by atoms with Crippen molar-refractivity contribution in [2.45, 2.75) is 43.9 Å². The zero-order valence-electron chi connectivity index (χ0n) is 13.6. The molecular weight excluding hydrogens is 329 g/mol. The zero-order chi connectivity index (χ0) is 18.1. The Labute approximate surface area is 144 Å². The number of aryl methyl sites for hydroxylation is 2. The first-order valence-electron chi connectivity index (χ1n) is 8.31. The Morgan fingerprint density at radius 3 is 2.24 bits per heavy atom. The summed E-state index contributed by atoms with van der Waals surface area (Å²) in [6, 6.07) is 11.8. The molecule has 5 heteroatoms. The highest BCUT2D eigenvalue weighted by molar-refractivity contribution is 5.97. The predicted molar refractivity (Wildman–Crippen MR) is 88.4 cm³/mol. The van der Waals surface area contributed by atoms with Gasteiger partial charge in [-0.1, -0.05) is 42.5 Å². The minimum atomic E-state index is -4.95.